The van der Waals surface area contributed by atoms with Gasteiger partial charge in [-0.05, 0) is 40.2 Å². The molecular weight excluding hydrogens is 406 g/mol. The fourth-order valence-corrected chi connectivity index (χ4v) is 2.32. The SMILES string of the molecule is O=[N+]([O-])c1ccc(Br)c(OCCOc2cccc(Br)c2)c1. The zero-order chi connectivity index (χ0) is 15.2. The predicted molar refractivity (Wildman–Crippen MR) is 85.9 cm³/mol. The van der Waals surface area contributed by atoms with Crippen LogP contribution in [-0.2, 0) is 0 Å². The van der Waals surface area contributed by atoms with E-state index >= 15 is 0 Å². The highest BCUT2D eigenvalue weighted by Crippen LogP contribution is 2.29. The van der Waals surface area contributed by atoms with Gasteiger partial charge in [0.1, 0.15) is 24.7 Å². The van der Waals surface area contributed by atoms with E-state index in [0.717, 1.165) is 10.2 Å². The molecule has 0 saturated heterocycles. The van der Waals surface area contributed by atoms with Crippen LogP contribution in [0.4, 0.5) is 5.69 Å². The van der Waals surface area contributed by atoms with Gasteiger partial charge in [-0.1, -0.05) is 22.0 Å². The summed E-state index contributed by atoms with van der Waals surface area (Å²) in [6.07, 6.45) is 0. The molecule has 0 heterocycles. The van der Waals surface area contributed by atoms with Gasteiger partial charge in [0, 0.05) is 10.5 Å². The molecule has 0 aliphatic rings. The fraction of sp³-hybridized carbons (Fsp3) is 0.143. The Hall–Kier alpha value is -1.60. The fourth-order valence-electron chi connectivity index (χ4n) is 1.58. The van der Waals surface area contributed by atoms with Crippen LogP contribution in [0.2, 0.25) is 0 Å². The second-order valence-electron chi connectivity index (χ2n) is 4.03. The average Bonchev–Trinajstić information content (AvgIpc) is 2.45. The van der Waals surface area contributed by atoms with Crippen LogP contribution in [0, 0.1) is 10.1 Å². The van der Waals surface area contributed by atoms with Crippen molar-refractivity contribution in [1.82, 2.24) is 0 Å². The number of hydrogen-bond donors (Lipinski definition) is 0. The minimum absolute atomic E-state index is 0.0129. The Morgan fingerprint density at radius 3 is 2.52 bits per heavy atom. The van der Waals surface area contributed by atoms with E-state index in [4.69, 9.17) is 9.47 Å². The molecule has 0 N–H and O–H groups in total. The quantitative estimate of drug-likeness (QED) is 0.393. The topological polar surface area (TPSA) is 61.6 Å². The van der Waals surface area contributed by atoms with Crippen molar-refractivity contribution in [3.63, 3.8) is 0 Å². The maximum atomic E-state index is 10.7. The molecule has 2 rings (SSSR count). The van der Waals surface area contributed by atoms with Crippen LogP contribution in [-0.4, -0.2) is 18.1 Å². The van der Waals surface area contributed by atoms with Gasteiger partial charge in [0.15, 0.2) is 0 Å². The van der Waals surface area contributed by atoms with Crippen molar-refractivity contribution in [2.45, 2.75) is 0 Å². The van der Waals surface area contributed by atoms with Gasteiger partial charge in [0.2, 0.25) is 0 Å². The minimum atomic E-state index is -0.461. The first kappa shape index (κ1) is 15.8. The zero-order valence-corrected chi connectivity index (χ0v) is 14.0. The van der Waals surface area contributed by atoms with Crippen molar-refractivity contribution in [2.24, 2.45) is 0 Å². The van der Waals surface area contributed by atoms with E-state index in [1.165, 1.54) is 12.1 Å². The van der Waals surface area contributed by atoms with E-state index < -0.39 is 4.92 Å². The Kier molecular flexibility index (Phi) is 5.58. The summed E-state index contributed by atoms with van der Waals surface area (Å²) in [6, 6.07) is 11.8. The van der Waals surface area contributed by atoms with Gasteiger partial charge in [-0.3, -0.25) is 10.1 Å². The van der Waals surface area contributed by atoms with Crippen LogP contribution in [0.3, 0.4) is 0 Å². The predicted octanol–water partition coefficient (Wildman–Crippen LogP) is 4.58. The molecule has 0 aliphatic carbocycles. The van der Waals surface area contributed by atoms with Gasteiger partial charge in [-0.25, -0.2) is 0 Å². The van der Waals surface area contributed by atoms with Crippen molar-refractivity contribution >= 4 is 37.5 Å². The van der Waals surface area contributed by atoms with Gasteiger partial charge in [0.25, 0.3) is 5.69 Å². The third-order valence-corrected chi connectivity index (χ3v) is 3.68. The maximum Gasteiger partial charge on any atom is 0.273 e. The first-order valence-corrected chi connectivity index (χ1v) is 7.60. The first-order chi connectivity index (χ1) is 10.1. The largest absolute Gasteiger partial charge is 0.490 e. The summed E-state index contributed by atoms with van der Waals surface area (Å²) in [4.78, 5) is 10.3. The summed E-state index contributed by atoms with van der Waals surface area (Å²) < 4.78 is 12.6. The molecule has 5 nitrogen and oxygen atoms in total. The molecule has 0 aromatic heterocycles. The summed E-state index contributed by atoms with van der Waals surface area (Å²) in [6.45, 7) is 0.623. The number of nitro benzene ring substituents is 1. The van der Waals surface area contributed by atoms with E-state index in [2.05, 4.69) is 31.9 Å². The van der Waals surface area contributed by atoms with Crippen molar-refractivity contribution in [3.8, 4) is 11.5 Å². The lowest BCUT2D eigenvalue weighted by atomic mass is 10.3. The molecule has 0 unspecified atom stereocenters. The number of rotatable bonds is 6. The van der Waals surface area contributed by atoms with Gasteiger partial charge >= 0.3 is 0 Å². The average molecular weight is 417 g/mol. The highest BCUT2D eigenvalue weighted by molar-refractivity contribution is 9.10. The normalized spacial score (nSPS) is 10.2. The molecule has 0 bridgehead atoms. The van der Waals surface area contributed by atoms with Gasteiger partial charge in [0.05, 0.1) is 15.5 Å². The Labute approximate surface area is 138 Å². The van der Waals surface area contributed by atoms with Crippen LogP contribution in [0.1, 0.15) is 0 Å². The lowest BCUT2D eigenvalue weighted by molar-refractivity contribution is -0.385. The smallest absolute Gasteiger partial charge is 0.273 e. The molecule has 0 fully saturated rings. The number of hydrogen-bond acceptors (Lipinski definition) is 4. The van der Waals surface area contributed by atoms with Crippen molar-refractivity contribution in [2.75, 3.05) is 13.2 Å². The van der Waals surface area contributed by atoms with Crippen molar-refractivity contribution < 1.29 is 14.4 Å². The third kappa shape index (κ3) is 4.71. The lowest BCUT2D eigenvalue weighted by Crippen LogP contribution is -2.09. The van der Waals surface area contributed by atoms with Crippen LogP contribution in [0.25, 0.3) is 0 Å². The van der Waals surface area contributed by atoms with Gasteiger partial charge in [-0.2, -0.15) is 0 Å². The number of halogens is 2. The standard InChI is InChI=1S/C14H11Br2NO4/c15-10-2-1-3-12(8-10)20-6-7-21-14-9-11(17(18)19)4-5-13(14)16/h1-5,8-9H,6-7H2. The minimum Gasteiger partial charge on any atom is -0.490 e. The molecule has 21 heavy (non-hydrogen) atoms. The van der Waals surface area contributed by atoms with E-state index in [1.54, 1.807) is 6.07 Å². The van der Waals surface area contributed by atoms with E-state index in [-0.39, 0.29) is 12.3 Å². The highest BCUT2D eigenvalue weighted by Gasteiger charge is 2.10. The Balaban J connectivity index is 1.88. The number of benzene rings is 2. The van der Waals surface area contributed by atoms with E-state index in [9.17, 15) is 10.1 Å². The molecule has 110 valence electrons. The molecule has 0 aliphatic heterocycles. The molecule has 0 spiro atoms. The Morgan fingerprint density at radius 2 is 1.81 bits per heavy atom. The molecule has 7 heteroatoms. The van der Waals surface area contributed by atoms with Crippen molar-refractivity contribution in [3.05, 3.63) is 61.5 Å². The molecule has 0 amide bonds. The number of nitrogens with zero attached hydrogens (tertiary/aromatic N) is 1. The van der Waals surface area contributed by atoms with Crippen LogP contribution < -0.4 is 9.47 Å². The Morgan fingerprint density at radius 1 is 1.05 bits per heavy atom. The second kappa shape index (κ2) is 7.42. The first-order valence-electron chi connectivity index (χ1n) is 6.01. The molecule has 0 saturated carbocycles. The summed E-state index contributed by atoms with van der Waals surface area (Å²) in [5.41, 5.74) is -0.0129. The summed E-state index contributed by atoms with van der Waals surface area (Å²) in [7, 11) is 0. The van der Waals surface area contributed by atoms with Crippen molar-refractivity contribution in [1.29, 1.82) is 0 Å². The summed E-state index contributed by atoms with van der Waals surface area (Å²) in [5, 5.41) is 10.7. The Bertz CT molecular complexity index is 649. The van der Waals surface area contributed by atoms with Crippen LogP contribution in [0.15, 0.2) is 51.4 Å². The molecule has 0 atom stereocenters. The lowest BCUT2D eigenvalue weighted by Gasteiger charge is -2.09. The van der Waals surface area contributed by atoms with Crippen LogP contribution >= 0.6 is 31.9 Å². The number of nitro groups is 1. The molecule has 0 radical (unpaired) electrons. The second-order valence-corrected chi connectivity index (χ2v) is 5.80. The monoisotopic (exact) mass is 415 g/mol. The van der Waals surface area contributed by atoms with E-state index in [1.807, 2.05) is 24.3 Å². The van der Waals surface area contributed by atoms with Gasteiger partial charge < -0.3 is 9.47 Å². The van der Waals surface area contributed by atoms with Crippen LogP contribution in [0.5, 0.6) is 11.5 Å². The van der Waals surface area contributed by atoms with E-state index in [0.29, 0.717) is 16.8 Å². The number of non-ortho nitro benzene ring substituents is 1. The molecule has 2 aromatic carbocycles. The summed E-state index contributed by atoms with van der Waals surface area (Å²) >= 11 is 6.65. The highest BCUT2D eigenvalue weighted by atomic mass is 79.9. The van der Waals surface area contributed by atoms with Gasteiger partial charge in [-0.15, -0.1) is 0 Å². The number of ether oxygens (including phenoxy) is 2. The molecule has 2 aromatic rings. The summed E-state index contributed by atoms with van der Waals surface area (Å²) in [5.74, 6) is 1.15. The third-order valence-electron chi connectivity index (χ3n) is 2.53. The molecular formula is C14H11Br2NO4. The maximum absolute atomic E-state index is 10.7. The zero-order valence-electron chi connectivity index (χ0n) is 10.8.